The zero-order valence-electron chi connectivity index (χ0n) is 8.82. The van der Waals surface area contributed by atoms with E-state index in [0.717, 1.165) is 0 Å². The fourth-order valence-corrected chi connectivity index (χ4v) is 1.25. The molecule has 4 nitrogen and oxygen atoms in total. The third-order valence-corrected chi connectivity index (χ3v) is 2.02. The first-order chi connectivity index (χ1) is 7.99. The van der Waals surface area contributed by atoms with Gasteiger partial charge in [0.2, 0.25) is 0 Å². The lowest BCUT2D eigenvalue weighted by molar-refractivity contribution is -0.137. The van der Waals surface area contributed by atoms with Crippen molar-refractivity contribution in [2.24, 2.45) is 0 Å². The molecular weight excluding hydrogens is 232 g/mol. The van der Waals surface area contributed by atoms with E-state index in [0.29, 0.717) is 5.56 Å². The van der Waals surface area contributed by atoms with Crippen LogP contribution in [0.4, 0.5) is 14.5 Å². The average Bonchev–Trinajstić information content (AvgIpc) is 2.26. The zero-order valence-corrected chi connectivity index (χ0v) is 8.82. The van der Waals surface area contributed by atoms with E-state index in [4.69, 9.17) is 5.11 Å². The fourth-order valence-electron chi connectivity index (χ4n) is 1.25. The molecule has 0 aliphatic rings. The summed E-state index contributed by atoms with van der Waals surface area (Å²) in [6, 6.07) is 6.17. The van der Waals surface area contributed by atoms with Gasteiger partial charge in [0.25, 0.3) is 5.91 Å². The van der Waals surface area contributed by atoms with Gasteiger partial charge in [-0.3, -0.25) is 9.59 Å². The zero-order chi connectivity index (χ0) is 12.8. The molecule has 2 N–H and O–H groups in total. The number of carboxylic acid groups (broad SMARTS) is 1. The SMILES string of the molecule is O=C(O)CCc1cccc(NC(=O)C(F)F)c1. The molecule has 0 unspecified atom stereocenters. The molecule has 0 aliphatic heterocycles. The summed E-state index contributed by atoms with van der Waals surface area (Å²) in [5.74, 6) is -2.31. The summed E-state index contributed by atoms with van der Waals surface area (Å²) in [4.78, 5) is 21.1. The number of halogens is 2. The van der Waals surface area contributed by atoms with Crippen molar-refractivity contribution in [1.29, 1.82) is 0 Å². The van der Waals surface area contributed by atoms with Gasteiger partial charge in [0.15, 0.2) is 0 Å². The van der Waals surface area contributed by atoms with Crippen LogP contribution in [0.15, 0.2) is 24.3 Å². The van der Waals surface area contributed by atoms with Crippen LogP contribution in [0.25, 0.3) is 0 Å². The van der Waals surface area contributed by atoms with Crippen LogP contribution in [0, 0.1) is 0 Å². The van der Waals surface area contributed by atoms with E-state index in [1.807, 2.05) is 5.32 Å². The van der Waals surface area contributed by atoms with Gasteiger partial charge in [-0.05, 0) is 24.1 Å². The van der Waals surface area contributed by atoms with Crippen LogP contribution >= 0.6 is 0 Å². The van der Waals surface area contributed by atoms with Crippen LogP contribution in [-0.4, -0.2) is 23.4 Å². The number of alkyl halides is 2. The summed E-state index contributed by atoms with van der Waals surface area (Å²) in [7, 11) is 0. The van der Waals surface area contributed by atoms with Gasteiger partial charge in [-0.25, -0.2) is 0 Å². The second-order valence-electron chi connectivity index (χ2n) is 3.38. The Balaban J connectivity index is 2.65. The number of rotatable bonds is 5. The lowest BCUT2D eigenvalue weighted by atomic mass is 10.1. The van der Waals surface area contributed by atoms with E-state index in [9.17, 15) is 18.4 Å². The minimum atomic E-state index is -3.07. The molecule has 0 heterocycles. The van der Waals surface area contributed by atoms with E-state index in [2.05, 4.69) is 0 Å². The summed E-state index contributed by atoms with van der Waals surface area (Å²) >= 11 is 0. The molecule has 1 amide bonds. The second-order valence-corrected chi connectivity index (χ2v) is 3.38. The topological polar surface area (TPSA) is 66.4 Å². The van der Waals surface area contributed by atoms with Gasteiger partial charge in [0.05, 0.1) is 0 Å². The Morgan fingerprint density at radius 2 is 2.06 bits per heavy atom. The van der Waals surface area contributed by atoms with Gasteiger partial charge < -0.3 is 10.4 Å². The lowest BCUT2D eigenvalue weighted by Gasteiger charge is -2.06. The smallest absolute Gasteiger partial charge is 0.315 e. The van der Waals surface area contributed by atoms with Crippen molar-refractivity contribution in [2.75, 3.05) is 5.32 Å². The molecule has 0 aliphatic carbocycles. The number of carbonyl (C=O) groups is 2. The number of benzene rings is 1. The normalized spacial score (nSPS) is 10.3. The monoisotopic (exact) mass is 243 g/mol. The Morgan fingerprint density at radius 1 is 1.35 bits per heavy atom. The van der Waals surface area contributed by atoms with Gasteiger partial charge in [-0.15, -0.1) is 0 Å². The van der Waals surface area contributed by atoms with Crippen molar-refractivity contribution in [3.8, 4) is 0 Å². The van der Waals surface area contributed by atoms with Crippen LogP contribution in [-0.2, 0) is 16.0 Å². The number of hydrogen-bond acceptors (Lipinski definition) is 2. The van der Waals surface area contributed by atoms with Crippen LogP contribution in [0.1, 0.15) is 12.0 Å². The minimum Gasteiger partial charge on any atom is -0.481 e. The molecule has 0 radical (unpaired) electrons. The molecule has 0 atom stereocenters. The Bertz CT molecular complexity index is 421. The Kier molecular flexibility index (Phi) is 4.56. The maximum Gasteiger partial charge on any atom is 0.315 e. The summed E-state index contributed by atoms with van der Waals surface area (Å²) < 4.78 is 24.0. The van der Waals surface area contributed by atoms with E-state index < -0.39 is 18.3 Å². The molecule has 17 heavy (non-hydrogen) atoms. The molecule has 1 aromatic carbocycles. The molecule has 1 aromatic rings. The van der Waals surface area contributed by atoms with E-state index in [1.54, 1.807) is 12.1 Å². The molecule has 0 aromatic heterocycles. The van der Waals surface area contributed by atoms with Crippen molar-refractivity contribution in [1.82, 2.24) is 0 Å². The van der Waals surface area contributed by atoms with Gasteiger partial charge in [-0.2, -0.15) is 8.78 Å². The van der Waals surface area contributed by atoms with Crippen molar-refractivity contribution >= 4 is 17.6 Å². The van der Waals surface area contributed by atoms with E-state index in [-0.39, 0.29) is 18.5 Å². The predicted molar refractivity (Wildman–Crippen MR) is 57.0 cm³/mol. The minimum absolute atomic E-state index is 0.0494. The number of carboxylic acids is 1. The number of nitrogens with one attached hydrogen (secondary N) is 1. The molecular formula is C11H11F2NO3. The number of amides is 1. The van der Waals surface area contributed by atoms with E-state index >= 15 is 0 Å². The molecule has 0 spiro atoms. The highest BCUT2D eigenvalue weighted by molar-refractivity contribution is 5.93. The number of aliphatic carboxylic acids is 1. The first kappa shape index (κ1) is 13.1. The first-order valence-electron chi connectivity index (χ1n) is 4.89. The van der Waals surface area contributed by atoms with Gasteiger partial charge >= 0.3 is 12.4 Å². The number of anilines is 1. The van der Waals surface area contributed by atoms with Crippen LogP contribution < -0.4 is 5.32 Å². The third kappa shape index (κ3) is 4.58. The largest absolute Gasteiger partial charge is 0.481 e. The Labute approximate surface area is 96.3 Å². The summed E-state index contributed by atoms with van der Waals surface area (Å²) in [6.45, 7) is 0. The Hall–Kier alpha value is -1.98. The molecule has 6 heteroatoms. The molecule has 1 rings (SSSR count). The van der Waals surface area contributed by atoms with Crippen molar-refractivity contribution < 1.29 is 23.5 Å². The molecule has 0 saturated carbocycles. The van der Waals surface area contributed by atoms with Crippen molar-refractivity contribution in [2.45, 2.75) is 19.3 Å². The van der Waals surface area contributed by atoms with Crippen LogP contribution in [0.2, 0.25) is 0 Å². The predicted octanol–water partition coefficient (Wildman–Crippen LogP) is 1.91. The lowest BCUT2D eigenvalue weighted by Crippen LogP contribution is -2.20. The second kappa shape index (κ2) is 5.93. The standard InChI is InChI=1S/C11H11F2NO3/c12-10(13)11(17)14-8-3-1-2-7(6-8)4-5-9(15)16/h1-3,6,10H,4-5H2,(H,14,17)(H,15,16). The highest BCUT2D eigenvalue weighted by Gasteiger charge is 2.14. The summed E-state index contributed by atoms with van der Waals surface area (Å²) in [6.07, 6.45) is -2.84. The third-order valence-electron chi connectivity index (χ3n) is 2.02. The Morgan fingerprint density at radius 3 is 2.65 bits per heavy atom. The maximum absolute atomic E-state index is 12.0. The maximum atomic E-state index is 12.0. The van der Waals surface area contributed by atoms with E-state index in [1.165, 1.54) is 12.1 Å². The number of carbonyl (C=O) groups excluding carboxylic acids is 1. The number of hydrogen-bond donors (Lipinski definition) is 2. The molecule has 92 valence electrons. The highest BCUT2D eigenvalue weighted by atomic mass is 19.3. The van der Waals surface area contributed by atoms with Crippen LogP contribution in [0.5, 0.6) is 0 Å². The summed E-state index contributed by atoms with van der Waals surface area (Å²) in [5.41, 5.74) is 0.901. The first-order valence-corrected chi connectivity index (χ1v) is 4.89. The van der Waals surface area contributed by atoms with Crippen molar-refractivity contribution in [3.63, 3.8) is 0 Å². The van der Waals surface area contributed by atoms with Gasteiger partial charge in [-0.1, -0.05) is 12.1 Å². The molecule has 0 fully saturated rings. The van der Waals surface area contributed by atoms with Crippen molar-refractivity contribution in [3.05, 3.63) is 29.8 Å². The highest BCUT2D eigenvalue weighted by Crippen LogP contribution is 2.13. The quantitative estimate of drug-likeness (QED) is 0.830. The summed E-state index contributed by atoms with van der Waals surface area (Å²) in [5, 5.41) is 10.5. The number of aryl methyl sites for hydroxylation is 1. The average molecular weight is 243 g/mol. The van der Waals surface area contributed by atoms with Gasteiger partial charge in [0, 0.05) is 12.1 Å². The fraction of sp³-hybridized carbons (Fsp3) is 0.273. The van der Waals surface area contributed by atoms with Crippen LogP contribution in [0.3, 0.4) is 0 Å². The molecule has 0 saturated heterocycles. The van der Waals surface area contributed by atoms with Gasteiger partial charge in [0.1, 0.15) is 0 Å². The molecule has 0 bridgehead atoms.